The van der Waals surface area contributed by atoms with Crippen LogP contribution in [0.3, 0.4) is 0 Å². The topological polar surface area (TPSA) is 34.4 Å². The molecule has 0 spiro atoms. The molecule has 18 heavy (non-hydrogen) atoms. The lowest BCUT2D eigenvalue weighted by Crippen LogP contribution is -2.23. The summed E-state index contributed by atoms with van der Waals surface area (Å²) in [6, 6.07) is 8.38. The minimum absolute atomic E-state index is 0.0965. The van der Waals surface area contributed by atoms with E-state index < -0.39 is 0 Å². The molecule has 1 heterocycles. The second-order valence-corrected chi connectivity index (χ2v) is 4.87. The van der Waals surface area contributed by atoms with Gasteiger partial charge >= 0.3 is 0 Å². The van der Waals surface area contributed by atoms with E-state index in [0.717, 1.165) is 16.7 Å². The molecule has 0 saturated carbocycles. The van der Waals surface area contributed by atoms with Gasteiger partial charge in [0.25, 0.3) is 0 Å². The maximum absolute atomic E-state index is 5.94. The number of fused-ring (bicyclic) bond motifs is 1. The molecule has 0 aliphatic rings. The minimum Gasteiger partial charge on any atom is -0.459 e. The van der Waals surface area contributed by atoms with E-state index in [-0.39, 0.29) is 12.1 Å². The molecule has 1 unspecified atom stereocenters. The van der Waals surface area contributed by atoms with Crippen molar-refractivity contribution in [3.63, 3.8) is 0 Å². The first-order valence-electron chi connectivity index (χ1n) is 6.39. The number of para-hydroxylation sites is 1. The number of ether oxygens (including phenoxy) is 1. The Hall–Kier alpha value is -1.32. The standard InChI is InChI=1S/C15H21NO2/c1-10(2)17-9-13(16-4)14-8-12-7-5-6-11(3)15(12)18-14/h5-8,10,13,16H,9H2,1-4H3. The minimum atomic E-state index is 0.0965. The van der Waals surface area contributed by atoms with Crippen LogP contribution < -0.4 is 5.32 Å². The summed E-state index contributed by atoms with van der Waals surface area (Å²) in [4.78, 5) is 0. The lowest BCUT2D eigenvalue weighted by Gasteiger charge is -2.15. The van der Waals surface area contributed by atoms with Crippen molar-refractivity contribution in [2.45, 2.75) is 32.9 Å². The van der Waals surface area contributed by atoms with Crippen LogP contribution in [-0.2, 0) is 4.74 Å². The molecule has 0 amide bonds. The number of rotatable bonds is 5. The predicted octanol–water partition coefficient (Wildman–Crippen LogP) is 3.43. The fourth-order valence-electron chi connectivity index (χ4n) is 2.00. The van der Waals surface area contributed by atoms with Gasteiger partial charge in [0.1, 0.15) is 11.3 Å². The van der Waals surface area contributed by atoms with Gasteiger partial charge in [0.2, 0.25) is 0 Å². The molecular weight excluding hydrogens is 226 g/mol. The number of hydrogen-bond acceptors (Lipinski definition) is 3. The molecule has 1 aromatic carbocycles. The maximum Gasteiger partial charge on any atom is 0.137 e. The molecule has 1 N–H and O–H groups in total. The fourth-order valence-corrected chi connectivity index (χ4v) is 2.00. The Morgan fingerprint density at radius 1 is 1.33 bits per heavy atom. The normalized spacial score (nSPS) is 13.4. The highest BCUT2D eigenvalue weighted by Crippen LogP contribution is 2.26. The summed E-state index contributed by atoms with van der Waals surface area (Å²) in [5.41, 5.74) is 2.13. The van der Waals surface area contributed by atoms with Crippen molar-refractivity contribution < 1.29 is 9.15 Å². The summed E-state index contributed by atoms with van der Waals surface area (Å²) in [5, 5.41) is 4.38. The van der Waals surface area contributed by atoms with Crippen LogP contribution in [0.1, 0.15) is 31.2 Å². The Morgan fingerprint density at radius 2 is 2.11 bits per heavy atom. The number of furan rings is 1. The highest BCUT2D eigenvalue weighted by atomic mass is 16.5. The molecule has 0 bridgehead atoms. The predicted molar refractivity (Wildman–Crippen MR) is 73.8 cm³/mol. The molecule has 3 nitrogen and oxygen atoms in total. The van der Waals surface area contributed by atoms with Crippen LogP contribution >= 0.6 is 0 Å². The molecule has 2 rings (SSSR count). The quantitative estimate of drug-likeness (QED) is 0.879. The summed E-state index contributed by atoms with van der Waals surface area (Å²) >= 11 is 0. The second-order valence-electron chi connectivity index (χ2n) is 4.87. The summed E-state index contributed by atoms with van der Waals surface area (Å²) < 4.78 is 11.6. The number of hydrogen-bond donors (Lipinski definition) is 1. The lowest BCUT2D eigenvalue weighted by atomic mass is 10.1. The van der Waals surface area contributed by atoms with Crippen molar-refractivity contribution in [2.24, 2.45) is 0 Å². The van der Waals surface area contributed by atoms with Gasteiger partial charge in [-0.3, -0.25) is 0 Å². The molecule has 0 radical (unpaired) electrons. The van der Waals surface area contributed by atoms with Crippen LogP contribution in [0.5, 0.6) is 0 Å². The number of likely N-dealkylation sites (N-methyl/N-ethyl adjacent to an activating group) is 1. The van der Waals surface area contributed by atoms with Crippen molar-refractivity contribution in [1.29, 1.82) is 0 Å². The van der Waals surface area contributed by atoms with Crippen molar-refractivity contribution in [3.05, 3.63) is 35.6 Å². The third kappa shape index (κ3) is 2.74. The molecule has 3 heteroatoms. The van der Waals surface area contributed by atoms with Gasteiger partial charge in [0, 0.05) is 5.39 Å². The monoisotopic (exact) mass is 247 g/mol. The first-order valence-corrected chi connectivity index (χ1v) is 6.39. The largest absolute Gasteiger partial charge is 0.459 e. The maximum atomic E-state index is 5.94. The number of nitrogens with one attached hydrogen (secondary N) is 1. The van der Waals surface area contributed by atoms with Gasteiger partial charge in [-0.05, 0) is 39.4 Å². The smallest absolute Gasteiger partial charge is 0.137 e. The first-order chi connectivity index (χ1) is 8.61. The van der Waals surface area contributed by atoms with Crippen molar-refractivity contribution in [2.75, 3.05) is 13.7 Å². The highest BCUT2D eigenvalue weighted by molar-refractivity contribution is 5.80. The van der Waals surface area contributed by atoms with Gasteiger partial charge in [-0.15, -0.1) is 0 Å². The molecular formula is C15H21NO2. The van der Waals surface area contributed by atoms with Crippen LogP contribution in [0, 0.1) is 6.92 Å². The first kappa shape index (κ1) is 13.1. The van der Waals surface area contributed by atoms with Gasteiger partial charge in [-0.1, -0.05) is 18.2 Å². The van der Waals surface area contributed by atoms with Gasteiger partial charge < -0.3 is 14.5 Å². The summed E-state index contributed by atoms with van der Waals surface area (Å²) in [6.45, 7) is 6.76. The average Bonchev–Trinajstić information content (AvgIpc) is 2.75. The fraction of sp³-hybridized carbons (Fsp3) is 0.467. The summed E-state index contributed by atoms with van der Waals surface area (Å²) in [7, 11) is 1.92. The van der Waals surface area contributed by atoms with E-state index in [9.17, 15) is 0 Å². The Kier molecular flexibility index (Phi) is 4.04. The van der Waals surface area contributed by atoms with Gasteiger partial charge in [-0.2, -0.15) is 0 Å². The SMILES string of the molecule is CNC(COC(C)C)c1cc2cccc(C)c2o1. The Morgan fingerprint density at radius 3 is 2.72 bits per heavy atom. The van der Waals surface area contributed by atoms with Crippen molar-refractivity contribution in [1.82, 2.24) is 5.32 Å². The molecule has 1 atom stereocenters. The van der Waals surface area contributed by atoms with E-state index >= 15 is 0 Å². The van der Waals surface area contributed by atoms with Crippen LogP contribution in [-0.4, -0.2) is 19.8 Å². The van der Waals surface area contributed by atoms with E-state index in [1.54, 1.807) is 0 Å². The van der Waals surface area contributed by atoms with Gasteiger partial charge in [0.15, 0.2) is 0 Å². The Balaban J connectivity index is 2.25. The Labute approximate surface area is 108 Å². The van der Waals surface area contributed by atoms with E-state index in [1.165, 1.54) is 5.56 Å². The molecule has 1 aromatic heterocycles. The van der Waals surface area contributed by atoms with Gasteiger partial charge in [-0.25, -0.2) is 0 Å². The van der Waals surface area contributed by atoms with Crippen molar-refractivity contribution in [3.8, 4) is 0 Å². The van der Waals surface area contributed by atoms with Crippen LogP contribution in [0.4, 0.5) is 0 Å². The lowest BCUT2D eigenvalue weighted by molar-refractivity contribution is 0.0587. The number of benzene rings is 1. The zero-order valence-electron chi connectivity index (χ0n) is 11.5. The zero-order valence-corrected chi connectivity index (χ0v) is 11.5. The van der Waals surface area contributed by atoms with E-state index in [4.69, 9.17) is 9.15 Å². The van der Waals surface area contributed by atoms with Crippen molar-refractivity contribution >= 4 is 11.0 Å². The summed E-state index contributed by atoms with van der Waals surface area (Å²) in [6.07, 6.45) is 0.229. The molecule has 0 fully saturated rings. The number of aryl methyl sites for hydroxylation is 1. The Bertz CT molecular complexity index is 516. The molecule has 0 aliphatic heterocycles. The van der Waals surface area contributed by atoms with Crippen LogP contribution in [0.2, 0.25) is 0 Å². The third-order valence-electron chi connectivity index (χ3n) is 3.05. The highest BCUT2D eigenvalue weighted by Gasteiger charge is 2.16. The zero-order chi connectivity index (χ0) is 13.1. The van der Waals surface area contributed by atoms with E-state index in [1.807, 2.05) is 20.9 Å². The molecule has 0 aliphatic carbocycles. The average molecular weight is 247 g/mol. The third-order valence-corrected chi connectivity index (χ3v) is 3.05. The van der Waals surface area contributed by atoms with E-state index in [0.29, 0.717) is 6.61 Å². The van der Waals surface area contributed by atoms with Crippen LogP contribution in [0.15, 0.2) is 28.7 Å². The molecule has 0 saturated heterocycles. The summed E-state index contributed by atoms with van der Waals surface area (Å²) in [5.74, 6) is 0.933. The second kappa shape index (κ2) is 5.55. The molecule has 98 valence electrons. The van der Waals surface area contributed by atoms with Gasteiger partial charge in [0.05, 0.1) is 18.8 Å². The van der Waals surface area contributed by atoms with E-state index in [2.05, 4.69) is 36.5 Å². The van der Waals surface area contributed by atoms with Crippen LogP contribution in [0.25, 0.3) is 11.0 Å². The molecule has 2 aromatic rings.